The molecule has 3 rings (SSSR count). The van der Waals surface area contributed by atoms with Gasteiger partial charge in [0.05, 0.1) is 16.9 Å². The maximum Gasteiger partial charge on any atom is 0.293 e. The number of carbonyl (C=O) groups is 1. The number of nitro groups is 1. The first-order chi connectivity index (χ1) is 14.3. The maximum atomic E-state index is 12.6. The number of hydrogen-bond donors (Lipinski definition) is 3. The van der Waals surface area contributed by atoms with Gasteiger partial charge in [0.25, 0.3) is 21.6 Å². The standard InChI is InChI=1S/C19H20N4O6S/c1-3-10-20-15-8-9-17(23(25)26)18-14(15)11-16(21-18)19(24)22-30(27,28)13-6-4-12(29-2)5-7-13/h4-9,11,20-21H,3,10H2,1-2H3,(H,22,24). The number of nitro benzene ring substituents is 1. The second-order valence-corrected chi connectivity index (χ2v) is 8.08. The van der Waals surface area contributed by atoms with E-state index >= 15 is 0 Å². The largest absolute Gasteiger partial charge is 0.497 e. The molecule has 158 valence electrons. The first-order valence-corrected chi connectivity index (χ1v) is 10.5. The van der Waals surface area contributed by atoms with Gasteiger partial charge in [-0.1, -0.05) is 6.92 Å². The summed E-state index contributed by atoms with van der Waals surface area (Å²) in [6.45, 7) is 2.60. The van der Waals surface area contributed by atoms with Crippen molar-refractivity contribution in [2.24, 2.45) is 0 Å². The van der Waals surface area contributed by atoms with Gasteiger partial charge in [-0.3, -0.25) is 14.9 Å². The van der Waals surface area contributed by atoms with E-state index in [1.54, 1.807) is 6.07 Å². The molecule has 1 heterocycles. The number of anilines is 1. The number of ether oxygens (including phenoxy) is 1. The predicted octanol–water partition coefficient (Wildman–Crippen LogP) is 3.03. The number of benzene rings is 2. The first-order valence-electron chi connectivity index (χ1n) is 9.02. The summed E-state index contributed by atoms with van der Waals surface area (Å²) >= 11 is 0. The highest BCUT2D eigenvalue weighted by atomic mass is 32.2. The van der Waals surface area contributed by atoms with Crippen LogP contribution in [0.3, 0.4) is 0 Å². The summed E-state index contributed by atoms with van der Waals surface area (Å²) < 4.78 is 32.0. The summed E-state index contributed by atoms with van der Waals surface area (Å²) in [6.07, 6.45) is 0.830. The number of nitrogens with one attached hydrogen (secondary N) is 3. The Morgan fingerprint density at radius 3 is 2.50 bits per heavy atom. The van der Waals surface area contributed by atoms with Gasteiger partial charge in [-0.2, -0.15) is 0 Å². The van der Waals surface area contributed by atoms with E-state index in [-0.39, 0.29) is 21.8 Å². The molecule has 0 saturated heterocycles. The molecule has 0 unspecified atom stereocenters. The maximum absolute atomic E-state index is 12.6. The quantitative estimate of drug-likeness (QED) is 0.367. The fraction of sp³-hybridized carbons (Fsp3) is 0.211. The Morgan fingerprint density at radius 1 is 1.20 bits per heavy atom. The molecule has 11 heteroatoms. The number of sulfonamides is 1. The van der Waals surface area contributed by atoms with Crippen LogP contribution >= 0.6 is 0 Å². The first kappa shape index (κ1) is 21.1. The zero-order valence-corrected chi connectivity index (χ0v) is 17.1. The molecule has 0 aliphatic carbocycles. The van der Waals surface area contributed by atoms with Crippen LogP contribution < -0.4 is 14.8 Å². The van der Waals surface area contributed by atoms with Gasteiger partial charge in [0, 0.05) is 23.7 Å². The van der Waals surface area contributed by atoms with Crippen LogP contribution in [0.5, 0.6) is 5.75 Å². The Bertz CT molecular complexity index is 1200. The van der Waals surface area contributed by atoms with E-state index in [4.69, 9.17) is 4.74 Å². The molecule has 1 aromatic heterocycles. The number of H-pyrrole nitrogens is 1. The molecule has 1 amide bonds. The minimum absolute atomic E-state index is 0.115. The minimum Gasteiger partial charge on any atom is -0.497 e. The van der Waals surface area contributed by atoms with Crippen LogP contribution in [0.2, 0.25) is 0 Å². The van der Waals surface area contributed by atoms with Gasteiger partial charge >= 0.3 is 0 Å². The molecule has 0 spiro atoms. The van der Waals surface area contributed by atoms with E-state index in [9.17, 15) is 23.3 Å². The van der Waals surface area contributed by atoms with Gasteiger partial charge in [0.15, 0.2) is 0 Å². The lowest BCUT2D eigenvalue weighted by atomic mass is 10.2. The van der Waals surface area contributed by atoms with Crippen LogP contribution in [0.25, 0.3) is 10.9 Å². The molecule has 2 aromatic carbocycles. The molecule has 10 nitrogen and oxygen atoms in total. The molecule has 0 aliphatic heterocycles. The zero-order valence-electron chi connectivity index (χ0n) is 16.3. The molecule has 0 saturated carbocycles. The molecule has 0 aliphatic rings. The van der Waals surface area contributed by atoms with Crippen molar-refractivity contribution in [1.29, 1.82) is 0 Å². The number of aromatic amines is 1. The second kappa shape index (κ2) is 8.41. The molecule has 3 N–H and O–H groups in total. The number of methoxy groups -OCH3 is 1. The van der Waals surface area contributed by atoms with Gasteiger partial charge in [0.1, 0.15) is 17.0 Å². The van der Waals surface area contributed by atoms with E-state index in [2.05, 4.69) is 10.3 Å². The van der Waals surface area contributed by atoms with Gasteiger partial charge in [0.2, 0.25) is 0 Å². The number of non-ortho nitro benzene ring substituents is 1. The monoisotopic (exact) mass is 432 g/mol. The summed E-state index contributed by atoms with van der Waals surface area (Å²) in [4.78, 5) is 25.9. The Labute approximate surface area is 172 Å². The van der Waals surface area contributed by atoms with Crippen molar-refractivity contribution in [3.63, 3.8) is 0 Å². The highest BCUT2D eigenvalue weighted by molar-refractivity contribution is 7.90. The van der Waals surface area contributed by atoms with Crippen LogP contribution in [0.15, 0.2) is 47.4 Å². The zero-order chi connectivity index (χ0) is 21.9. The van der Waals surface area contributed by atoms with Crippen LogP contribution in [0.1, 0.15) is 23.8 Å². The van der Waals surface area contributed by atoms with Crippen molar-refractivity contribution in [2.75, 3.05) is 19.0 Å². The normalized spacial score (nSPS) is 11.3. The lowest BCUT2D eigenvalue weighted by Crippen LogP contribution is -2.30. The Morgan fingerprint density at radius 2 is 1.90 bits per heavy atom. The van der Waals surface area contributed by atoms with Gasteiger partial charge in [-0.25, -0.2) is 13.1 Å². The third-order valence-corrected chi connectivity index (χ3v) is 5.72. The van der Waals surface area contributed by atoms with E-state index in [0.29, 0.717) is 23.4 Å². The molecule has 0 fully saturated rings. The molecule has 3 aromatic rings. The fourth-order valence-corrected chi connectivity index (χ4v) is 3.85. The molecule has 30 heavy (non-hydrogen) atoms. The third-order valence-electron chi connectivity index (χ3n) is 4.38. The Kier molecular flexibility index (Phi) is 5.92. The lowest BCUT2D eigenvalue weighted by molar-refractivity contribution is -0.383. The van der Waals surface area contributed by atoms with Crippen molar-refractivity contribution < 1.29 is 22.9 Å². The number of aromatic nitrogens is 1. The third kappa shape index (κ3) is 4.20. The SMILES string of the molecule is CCCNc1ccc([N+](=O)[O-])c2[nH]c(C(=O)NS(=O)(=O)c3ccc(OC)cc3)cc12. The molecular weight excluding hydrogens is 412 g/mol. The highest BCUT2D eigenvalue weighted by Gasteiger charge is 2.23. The van der Waals surface area contributed by atoms with Crippen LogP contribution in [-0.2, 0) is 10.0 Å². The summed E-state index contributed by atoms with van der Waals surface area (Å²) in [5.74, 6) is -0.465. The smallest absolute Gasteiger partial charge is 0.293 e. The lowest BCUT2D eigenvalue weighted by Gasteiger charge is -2.06. The molecule has 0 radical (unpaired) electrons. The summed E-state index contributed by atoms with van der Waals surface area (Å²) in [7, 11) is -2.70. The van der Waals surface area contributed by atoms with Crippen LogP contribution in [0.4, 0.5) is 11.4 Å². The van der Waals surface area contributed by atoms with Gasteiger partial charge in [-0.05, 0) is 42.8 Å². The summed E-state index contributed by atoms with van der Waals surface area (Å²) in [5.41, 5.74) is 0.402. The molecular formula is C19H20N4O6S. The van der Waals surface area contributed by atoms with Crippen molar-refractivity contribution in [3.05, 3.63) is 58.3 Å². The van der Waals surface area contributed by atoms with Crippen LogP contribution in [-0.4, -0.2) is 37.9 Å². The van der Waals surface area contributed by atoms with Crippen molar-refractivity contribution in [3.8, 4) is 5.75 Å². The summed E-state index contributed by atoms with van der Waals surface area (Å²) in [6, 6.07) is 9.79. The topological polar surface area (TPSA) is 143 Å². The minimum atomic E-state index is -4.15. The number of hydrogen-bond acceptors (Lipinski definition) is 7. The Hall–Kier alpha value is -3.60. The van der Waals surface area contributed by atoms with E-state index in [0.717, 1.165) is 6.42 Å². The van der Waals surface area contributed by atoms with E-state index in [1.807, 2.05) is 11.6 Å². The van der Waals surface area contributed by atoms with E-state index in [1.165, 1.54) is 43.5 Å². The number of nitrogens with zero attached hydrogens (tertiary/aromatic N) is 1. The van der Waals surface area contributed by atoms with Crippen molar-refractivity contribution in [2.45, 2.75) is 18.2 Å². The molecule has 0 bridgehead atoms. The van der Waals surface area contributed by atoms with Gasteiger partial charge in [-0.15, -0.1) is 0 Å². The van der Waals surface area contributed by atoms with Gasteiger partial charge < -0.3 is 15.0 Å². The number of carbonyl (C=O) groups excluding carboxylic acids is 1. The van der Waals surface area contributed by atoms with Crippen molar-refractivity contribution in [1.82, 2.24) is 9.71 Å². The number of amides is 1. The predicted molar refractivity (Wildman–Crippen MR) is 111 cm³/mol. The van der Waals surface area contributed by atoms with Crippen LogP contribution in [0, 0.1) is 10.1 Å². The number of rotatable bonds is 8. The fourth-order valence-electron chi connectivity index (χ4n) is 2.88. The second-order valence-electron chi connectivity index (χ2n) is 6.40. The summed E-state index contributed by atoms with van der Waals surface area (Å²) in [5, 5.41) is 14.9. The average Bonchev–Trinajstić information content (AvgIpc) is 3.17. The Balaban J connectivity index is 1.95. The highest BCUT2D eigenvalue weighted by Crippen LogP contribution is 2.32. The number of fused-ring (bicyclic) bond motifs is 1. The molecule has 0 atom stereocenters. The average molecular weight is 432 g/mol. The van der Waals surface area contributed by atoms with E-state index < -0.39 is 20.9 Å². The van der Waals surface area contributed by atoms with Crippen molar-refractivity contribution >= 4 is 38.2 Å².